The molecule has 4 rings (SSSR count). The minimum Gasteiger partial charge on any atom is -0.461 e. The normalized spacial score (nSPS) is 13.6. The Kier molecular flexibility index (Phi) is 4.10. The van der Waals surface area contributed by atoms with Crippen molar-refractivity contribution in [2.24, 2.45) is 0 Å². The summed E-state index contributed by atoms with van der Waals surface area (Å²) in [5, 5.41) is 18.3. The number of carbonyl (C=O) groups is 1. The molecule has 132 valence electrons. The van der Waals surface area contributed by atoms with Crippen molar-refractivity contribution in [2.45, 2.75) is 12.5 Å². The highest BCUT2D eigenvalue weighted by Crippen LogP contribution is 2.32. The van der Waals surface area contributed by atoms with E-state index in [-0.39, 0.29) is 12.2 Å². The van der Waals surface area contributed by atoms with E-state index < -0.39 is 11.5 Å². The molecule has 2 N–H and O–H groups in total. The summed E-state index contributed by atoms with van der Waals surface area (Å²) in [4.78, 5) is 13.1. The van der Waals surface area contributed by atoms with Gasteiger partial charge in [-0.1, -0.05) is 23.4 Å². The molecular formula is C19H16N2O4S. The number of nitrogens with zero attached hydrogens (tertiary/aromatic N) is 1. The number of fused-ring (bicyclic) bond motifs is 1. The molecule has 0 aliphatic heterocycles. The number of amides is 1. The lowest BCUT2D eigenvalue weighted by Gasteiger charge is -2.21. The van der Waals surface area contributed by atoms with E-state index in [1.165, 1.54) is 23.7 Å². The standard InChI is InChI=1S/C19H16N2O4S/c1-19(23,17-9-12-5-2-3-7-16(12)26-17)11-20-18(22)13-10-15(25-21-13)14-6-4-8-24-14/h2-10,23H,11H2,1H3,(H,20,22)/t19-/m0/s1. The van der Waals surface area contributed by atoms with Crippen LogP contribution < -0.4 is 5.32 Å². The summed E-state index contributed by atoms with van der Waals surface area (Å²) >= 11 is 1.51. The van der Waals surface area contributed by atoms with Crippen molar-refractivity contribution in [3.63, 3.8) is 0 Å². The minimum atomic E-state index is -1.19. The van der Waals surface area contributed by atoms with Crippen LogP contribution in [-0.2, 0) is 5.60 Å². The van der Waals surface area contributed by atoms with Gasteiger partial charge in [0.05, 0.1) is 12.8 Å². The maximum Gasteiger partial charge on any atom is 0.273 e. The molecule has 1 atom stereocenters. The number of benzene rings is 1. The molecule has 0 unspecified atom stereocenters. The van der Waals surface area contributed by atoms with Gasteiger partial charge in [-0.25, -0.2) is 0 Å². The van der Waals surface area contributed by atoms with Gasteiger partial charge in [-0.05, 0) is 36.6 Å². The Morgan fingerprint density at radius 3 is 2.85 bits per heavy atom. The van der Waals surface area contributed by atoms with Gasteiger partial charge in [0.15, 0.2) is 11.5 Å². The number of aliphatic hydroxyl groups is 1. The van der Waals surface area contributed by atoms with Crippen LogP contribution in [0.4, 0.5) is 0 Å². The van der Waals surface area contributed by atoms with E-state index in [1.54, 1.807) is 19.1 Å². The molecule has 1 amide bonds. The Bertz CT molecular complexity index is 1010. The third-order valence-corrected chi connectivity index (χ3v) is 5.43. The van der Waals surface area contributed by atoms with Crippen LogP contribution in [0.5, 0.6) is 0 Å². The van der Waals surface area contributed by atoms with Gasteiger partial charge in [0.2, 0.25) is 5.76 Å². The lowest BCUT2D eigenvalue weighted by Crippen LogP contribution is -2.38. The molecule has 0 aliphatic rings. The van der Waals surface area contributed by atoms with Crippen molar-refractivity contribution in [1.82, 2.24) is 10.5 Å². The first-order chi connectivity index (χ1) is 12.5. The van der Waals surface area contributed by atoms with E-state index in [0.29, 0.717) is 11.5 Å². The highest BCUT2D eigenvalue weighted by atomic mass is 32.1. The predicted octanol–water partition coefficient (Wildman–Crippen LogP) is 3.79. The quantitative estimate of drug-likeness (QED) is 0.559. The molecule has 3 aromatic heterocycles. The van der Waals surface area contributed by atoms with Crippen molar-refractivity contribution in [1.29, 1.82) is 0 Å². The van der Waals surface area contributed by atoms with E-state index >= 15 is 0 Å². The summed E-state index contributed by atoms with van der Waals surface area (Å²) in [6.07, 6.45) is 1.51. The molecule has 0 spiro atoms. The molecule has 1 aromatic carbocycles. The Morgan fingerprint density at radius 2 is 2.08 bits per heavy atom. The summed E-state index contributed by atoms with van der Waals surface area (Å²) in [5.74, 6) is 0.443. The van der Waals surface area contributed by atoms with Gasteiger partial charge in [0.1, 0.15) is 5.60 Å². The number of furan rings is 1. The van der Waals surface area contributed by atoms with Crippen molar-refractivity contribution < 1.29 is 18.8 Å². The fourth-order valence-corrected chi connectivity index (χ4v) is 3.70. The Hall–Kier alpha value is -2.90. The fourth-order valence-electron chi connectivity index (χ4n) is 2.59. The summed E-state index contributed by atoms with van der Waals surface area (Å²) in [5.41, 5.74) is -1.06. The summed E-state index contributed by atoms with van der Waals surface area (Å²) in [7, 11) is 0. The number of hydrogen-bond acceptors (Lipinski definition) is 6. The molecule has 7 heteroatoms. The third kappa shape index (κ3) is 3.14. The van der Waals surface area contributed by atoms with Gasteiger partial charge in [-0.15, -0.1) is 11.3 Å². The lowest BCUT2D eigenvalue weighted by atomic mass is 10.0. The van der Waals surface area contributed by atoms with Crippen molar-refractivity contribution in [3.8, 4) is 11.5 Å². The van der Waals surface area contributed by atoms with Crippen molar-refractivity contribution in [3.05, 3.63) is 65.4 Å². The van der Waals surface area contributed by atoms with Crippen molar-refractivity contribution >= 4 is 27.3 Å². The number of thiophene rings is 1. The average Bonchev–Trinajstić information content (AvgIpc) is 3.39. The first kappa shape index (κ1) is 16.6. The van der Waals surface area contributed by atoms with Crippen LogP contribution in [-0.4, -0.2) is 22.7 Å². The van der Waals surface area contributed by atoms with E-state index in [2.05, 4.69) is 10.5 Å². The number of nitrogens with one attached hydrogen (secondary N) is 1. The van der Waals surface area contributed by atoms with Gasteiger partial charge in [-0.2, -0.15) is 0 Å². The van der Waals surface area contributed by atoms with E-state index in [1.807, 2.05) is 30.3 Å². The van der Waals surface area contributed by atoms with Gasteiger partial charge in [0.25, 0.3) is 5.91 Å². The van der Waals surface area contributed by atoms with Crippen LogP contribution in [0, 0.1) is 0 Å². The van der Waals surface area contributed by atoms with Crippen LogP contribution in [0.2, 0.25) is 0 Å². The summed E-state index contributed by atoms with van der Waals surface area (Å²) < 4.78 is 11.4. The smallest absolute Gasteiger partial charge is 0.273 e. The van der Waals surface area contributed by atoms with Crippen LogP contribution in [0.3, 0.4) is 0 Å². The molecule has 4 aromatic rings. The molecule has 0 bridgehead atoms. The van der Waals surface area contributed by atoms with E-state index in [4.69, 9.17) is 8.94 Å². The topological polar surface area (TPSA) is 88.5 Å². The summed E-state index contributed by atoms with van der Waals surface area (Å²) in [6.45, 7) is 1.73. The molecule has 3 heterocycles. The van der Waals surface area contributed by atoms with Crippen molar-refractivity contribution in [2.75, 3.05) is 6.54 Å². The molecule has 0 saturated carbocycles. The number of hydrogen-bond donors (Lipinski definition) is 2. The van der Waals surface area contributed by atoms with E-state index in [0.717, 1.165) is 15.0 Å². The maximum absolute atomic E-state index is 12.3. The second-order valence-electron chi connectivity index (χ2n) is 6.16. The fraction of sp³-hybridized carbons (Fsp3) is 0.158. The van der Waals surface area contributed by atoms with Crippen LogP contribution >= 0.6 is 11.3 Å². The van der Waals surface area contributed by atoms with Crippen LogP contribution in [0.1, 0.15) is 22.3 Å². The first-order valence-corrected chi connectivity index (χ1v) is 8.85. The van der Waals surface area contributed by atoms with E-state index in [9.17, 15) is 9.90 Å². The van der Waals surface area contributed by atoms with Gasteiger partial charge in [0, 0.05) is 15.6 Å². The Balaban J connectivity index is 1.46. The lowest BCUT2D eigenvalue weighted by molar-refractivity contribution is 0.0554. The minimum absolute atomic E-state index is 0.0571. The SMILES string of the molecule is C[C@](O)(CNC(=O)c1cc(-c2ccco2)on1)c1cc2ccccc2s1. The Morgan fingerprint density at radius 1 is 1.23 bits per heavy atom. The second kappa shape index (κ2) is 6.44. The number of carbonyl (C=O) groups excluding carboxylic acids is 1. The van der Waals surface area contributed by atoms with Gasteiger partial charge in [-0.3, -0.25) is 4.79 Å². The molecule has 0 saturated heterocycles. The monoisotopic (exact) mass is 368 g/mol. The molecule has 6 nitrogen and oxygen atoms in total. The zero-order valence-electron chi connectivity index (χ0n) is 13.9. The molecule has 0 radical (unpaired) electrons. The Labute approximate surface area is 153 Å². The average molecular weight is 368 g/mol. The molecular weight excluding hydrogens is 352 g/mol. The maximum atomic E-state index is 12.3. The van der Waals surface area contributed by atoms with Crippen LogP contribution in [0.25, 0.3) is 21.6 Å². The largest absolute Gasteiger partial charge is 0.461 e. The summed E-state index contributed by atoms with van der Waals surface area (Å²) in [6, 6.07) is 14.8. The first-order valence-electron chi connectivity index (χ1n) is 8.03. The zero-order valence-corrected chi connectivity index (χ0v) is 14.7. The zero-order chi connectivity index (χ0) is 18.1. The van der Waals surface area contributed by atoms with Gasteiger partial charge < -0.3 is 19.4 Å². The molecule has 0 aliphatic carbocycles. The number of rotatable bonds is 5. The highest BCUT2D eigenvalue weighted by Gasteiger charge is 2.27. The highest BCUT2D eigenvalue weighted by molar-refractivity contribution is 7.19. The number of aromatic nitrogens is 1. The predicted molar refractivity (Wildman–Crippen MR) is 97.9 cm³/mol. The molecule has 0 fully saturated rings. The second-order valence-corrected chi connectivity index (χ2v) is 7.24. The van der Waals surface area contributed by atoms with Gasteiger partial charge >= 0.3 is 0 Å². The molecule has 26 heavy (non-hydrogen) atoms. The van der Waals surface area contributed by atoms with Crippen LogP contribution in [0.15, 0.2) is 63.7 Å². The third-order valence-electron chi connectivity index (χ3n) is 4.06.